The molecule has 0 bridgehead atoms. The summed E-state index contributed by atoms with van der Waals surface area (Å²) in [6.07, 6.45) is 1.40. The molecule has 0 saturated heterocycles. The zero-order chi connectivity index (χ0) is 24.0. The molecule has 2 N–H and O–H groups in total. The van der Waals surface area contributed by atoms with Gasteiger partial charge in [-0.05, 0) is 42.8 Å². The number of nitrogens with two attached hydrogens (primary N) is 1. The summed E-state index contributed by atoms with van der Waals surface area (Å²) in [5.74, 6) is -0.722. The molecule has 176 valence electrons. The van der Waals surface area contributed by atoms with Gasteiger partial charge in [0.15, 0.2) is 5.75 Å². The van der Waals surface area contributed by atoms with Crippen molar-refractivity contribution in [2.75, 3.05) is 7.11 Å². The first-order valence-corrected chi connectivity index (χ1v) is 10.4. The van der Waals surface area contributed by atoms with Crippen molar-refractivity contribution >= 4 is 11.0 Å². The van der Waals surface area contributed by atoms with Crippen molar-refractivity contribution in [1.82, 2.24) is 4.98 Å². The third-order valence-corrected chi connectivity index (χ3v) is 5.86. The van der Waals surface area contributed by atoms with Crippen LogP contribution in [0.15, 0.2) is 75.4 Å². The standard InChI is InChI=1S/C26H18FN3O4.CH4/c1-13-9-15(12-30-24(13)27)17-10-14(7-8-19(17)32-2)21-18(11-28)25(29)34-23-16-5-3-4-6-20(16)33-26(31)22(21)23;/h3-10,12,21H,29H2,1-2H3;1H4. The molecule has 1 unspecified atom stereocenters. The van der Waals surface area contributed by atoms with Crippen LogP contribution in [0.5, 0.6) is 11.5 Å². The van der Waals surface area contributed by atoms with Gasteiger partial charge in [-0.3, -0.25) is 0 Å². The number of nitriles is 1. The number of aromatic nitrogens is 1. The van der Waals surface area contributed by atoms with Crippen molar-refractivity contribution < 1.29 is 18.3 Å². The fourth-order valence-electron chi connectivity index (χ4n) is 4.24. The lowest BCUT2D eigenvalue weighted by Crippen LogP contribution is -2.26. The van der Waals surface area contributed by atoms with Crippen LogP contribution in [0.3, 0.4) is 0 Å². The monoisotopic (exact) mass is 471 g/mol. The number of allylic oxidation sites excluding steroid dienone is 1. The summed E-state index contributed by atoms with van der Waals surface area (Å²) in [6, 6.07) is 15.9. The molecule has 0 radical (unpaired) electrons. The molecule has 8 heteroatoms. The Bertz CT molecular complexity index is 1600. The molecule has 0 aliphatic carbocycles. The van der Waals surface area contributed by atoms with E-state index in [0.717, 1.165) is 0 Å². The highest BCUT2D eigenvalue weighted by atomic mass is 19.1. The van der Waals surface area contributed by atoms with Gasteiger partial charge >= 0.3 is 5.63 Å². The number of methoxy groups -OCH3 is 1. The Labute approximate surface area is 200 Å². The fraction of sp³-hybridized carbons (Fsp3) is 0.148. The van der Waals surface area contributed by atoms with E-state index in [9.17, 15) is 14.4 Å². The third-order valence-electron chi connectivity index (χ3n) is 5.86. The minimum absolute atomic E-state index is 0. The van der Waals surface area contributed by atoms with Crippen molar-refractivity contribution in [1.29, 1.82) is 5.26 Å². The van der Waals surface area contributed by atoms with Gasteiger partial charge in [-0.2, -0.15) is 9.65 Å². The third kappa shape index (κ3) is 3.77. The van der Waals surface area contributed by atoms with Crippen molar-refractivity contribution in [3.05, 3.63) is 99.2 Å². The second kappa shape index (κ2) is 8.95. The molecule has 5 rings (SSSR count). The SMILES string of the molecule is C.COc1ccc(C2C(C#N)=C(N)Oc3c2c(=O)oc2ccccc32)cc1-c1cnc(F)c(C)c1. The lowest BCUT2D eigenvalue weighted by atomic mass is 9.82. The van der Waals surface area contributed by atoms with E-state index in [4.69, 9.17) is 19.6 Å². The van der Waals surface area contributed by atoms with Gasteiger partial charge in [-0.25, -0.2) is 9.78 Å². The van der Waals surface area contributed by atoms with Crippen LogP contribution < -0.4 is 20.8 Å². The van der Waals surface area contributed by atoms with Crippen LogP contribution in [0.25, 0.3) is 22.1 Å². The average Bonchev–Trinajstić information content (AvgIpc) is 2.84. The number of fused-ring (bicyclic) bond motifs is 3. The summed E-state index contributed by atoms with van der Waals surface area (Å²) in [4.78, 5) is 16.9. The lowest BCUT2D eigenvalue weighted by Gasteiger charge is -2.26. The molecule has 1 aliphatic rings. The van der Waals surface area contributed by atoms with Crippen LogP contribution in [-0.4, -0.2) is 12.1 Å². The van der Waals surface area contributed by atoms with Crippen molar-refractivity contribution in [3.63, 3.8) is 0 Å². The molecule has 0 fully saturated rings. The molecule has 2 aromatic heterocycles. The summed E-state index contributed by atoms with van der Waals surface area (Å²) in [5, 5.41) is 10.5. The van der Waals surface area contributed by atoms with E-state index in [0.29, 0.717) is 39.0 Å². The second-order valence-electron chi connectivity index (χ2n) is 7.84. The Balaban J connectivity index is 0.00000289. The number of pyridine rings is 1. The van der Waals surface area contributed by atoms with E-state index < -0.39 is 17.5 Å². The first-order valence-electron chi connectivity index (χ1n) is 10.4. The van der Waals surface area contributed by atoms with E-state index in [1.807, 2.05) is 0 Å². The average molecular weight is 471 g/mol. The minimum atomic E-state index is -0.839. The number of rotatable bonds is 3. The quantitative estimate of drug-likeness (QED) is 0.324. The number of ether oxygens (including phenoxy) is 2. The topological polar surface area (TPSA) is 111 Å². The number of halogens is 1. The molecular weight excluding hydrogens is 449 g/mol. The highest BCUT2D eigenvalue weighted by Crippen LogP contribution is 2.45. The predicted octanol–water partition coefficient (Wildman–Crippen LogP) is 5.17. The summed E-state index contributed by atoms with van der Waals surface area (Å²) in [7, 11) is 1.52. The fourth-order valence-corrected chi connectivity index (χ4v) is 4.24. The number of hydrogen-bond acceptors (Lipinski definition) is 7. The maximum atomic E-state index is 13.8. The number of benzene rings is 2. The first-order chi connectivity index (χ1) is 16.4. The first kappa shape index (κ1) is 23.5. The normalized spacial score (nSPS) is 14.5. The Morgan fingerprint density at radius 3 is 2.69 bits per heavy atom. The molecule has 1 aliphatic heterocycles. The van der Waals surface area contributed by atoms with Crippen LogP contribution in [0, 0.1) is 24.2 Å². The van der Waals surface area contributed by atoms with Crippen molar-refractivity contribution in [3.8, 4) is 28.7 Å². The zero-order valence-corrected chi connectivity index (χ0v) is 18.3. The van der Waals surface area contributed by atoms with Gasteiger partial charge < -0.3 is 19.6 Å². The van der Waals surface area contributed by atoms with Crippen LogP contribution in [0.4, 0.5) is 4.39 Å². The van der Waals surface area contributed by atoms with Gasteiger partial charge in [0.25, 0.3) is 0 Å². The van der Waals surface area contributed by atoms with Gasteiger partial charge in [0.05, 0.1) is 24.0 Å². The molecule has 0 amide bonds. The molecule has 0 spiro atoms. The van der Waals surface area contributed by atoms with Gasteiger partial charge in [0, 0.05) is 22.9 Å². The van der Waals surface area contributed by atoms with Crippen molar-refractivity contribution in [2.24, 2.45) is 5.73 Å². The highest BCUT2D eigenvalue weighted by molar-refractivity contribution is 5.86. The minimum Gasteiger partial charge on any atom is -0.496 e. The lowest BCUT2D eigenvalue weighted by molar-refractivity contribution is 0.388. The van der Waals surface area contributed by atoms with Crippen LogP contribution in [0.2, 0.25) is 0 Å². The van der Waals surface area contributed by atoms with Crippen molar-refractivity contribution in [2.45, 2.75) is 20.3 Å². The van der Waals surface area contributed by atoms with E-state index in [2.05, 4.69) is 11.1 Å². The number of para-hydroxylation sites is 1. The molecule has 2 aromatic carbocycles. The number of nitrogens with zero attached hydrogens (tertiary/aromatic N) is 2. The Kier molecular flexibility index (Phi) is 6.01. The summed E-state index contributed by atoms with van der Waals surface area (Å²) >= 11 is 0. The Morgan fingerprint density at radius 1 is 1.20 bits per heavy atom. The molecule has 7 nitrogen and oxygen atoms in total. The Hall–Kier alpha value is -4.64. The van der Waals surface area contributed by atoms with Gasteiger partial charge in [-0.1, -0.05) is 25.6 Å². The molecule has 0 saturated carbocycles. The Morgan fingerprint density at radius 2 is 1.97 bits per heavy atom. The van der Waals surface area contributed by atoms with Crippen LogP contribution in [-0.2, 0) is 0 Å². The molecule has 4 aromatic rings. The summed E-state index contributed by atoms with van der Waals surface area (Å²) < 4.78 is 30.6. The zero-order valence-electron chi connectivity index (χ0n) is 18.3. The van der Waals surface area contributed by atoms with Crippen LogP contribution >= 0.6 is 0 Å². The molecule has 35 heavy (non-hydrogen) atoms. The number of hydrogen-bond donors (Lipinski definition) is 1. The maximum Gasteiger partial charge on any atom is 0.344 e. The molecule has 3 heterocycles. The molecule has 1 atom stereocenters. The van der Waals surface area contributed by atoms with Crippen LogP contribution in [0.1, 0.15) is 30.0 Å². The van der Waals surface area contributed by atoms with Gasteiger partial charge in [0.2, 0.25) is 11.8 Å². The van der Waals surface area contributed by atoms with E-state index in [1.165, 1.54) is 13.3 Å². The van der Waals surface area contributed by atoms with E-state index in [-0.39, 0.29) is 30.2 Å². The highest BCUT2D eigenvalue weighted by Gasteiger charge is 2.35. The summed E-state index contributed by atoms with van der Waals surface area (Å²) in [6.45, 7) is 1.62. The largest absolute Gasteiger partial charge is 0.496 e. The van der Waals surface area contributed by atoms with Gasteiger partial charge in [0.1, 0.15) is 23.0 Å². The van der Waals surface area contributed by atoms with E-state index in [1.54, 1.807) is 55.5 Å². The maximum absolute atomic E-state index is 13.8. The van der Waals surface area contributed by atoms with Gasteiger partial charge in [-0.15, -0.1) is 0 Å². The second-order valence-corrected chi connectivity index (χ2v) is 7.84. The van der Waals surface area contributed by atoms with E-state index >= 15 is 0 Å². The summed E-state index contributed by atoms with van der Waals surface area (Å²) in [5.41, 5.74) is 8.31. The smallest absolute Gasteiger partial charge is 0.344 e. The predicted molar refractivity (Wildman–Crippen MR) is 129 cm³/mol. The number of aryl methyl sites for hydroxylation is 1. The molecular formula is C27H22FN3O4.